The molecule has 0 aliphatic rings. The molecule has 100 valence electrons. The lowest BCUT2D eigenvalue weighted by molar-refractivity contribution is -0.121. The van der Waals surface area contributed by atoms with Crippen LogP contribution in [-0.2, 0) is 4.79 Å². The van der Waals surface area contributed by atoms with Gasteiger partial charge in [0, 0.05) is 16.7 Å². The smallest absolute Gasteiger partial charge is 0.242 e. The Labute approximate surface area is 121 Å². The van der Waals surface area contributed by atoms with Gasteiger partial charge in [0.05, 0.1) is 5.02 Å². The van der Waals surface area contributed by atoms with Crippen LogP contribution in [0.25, 0.3) is 0 Å². The molecule has 0 saturated carbocycles. The SMILES string of the molecule is CC(C)CNC(=O)C(C)Nc1ccc(Cl)c(Br)c1. The minimum atomic E-state index is -0.281. The average molecular weight is 334 g/mol. The number of halogens is 2. The average Bonchev–Trinajstić information content (AvgIpc) is 2.30. The summed E-state index contributed by atoms with van der Waals surface area (Å²) in [7, 11) is 0. The summed E-state index contributed by atoms with van der Waals surface area (Å²) >= 11 is 9.26. The van der Waals surface area contributed by atoms with Crippen molar-refractivity contribution in [3.05, 3.63) is 27.7 Å². The van der Waals surface area contributed by atoms with Crippen LogP contribution < -0.4 is 10.6 Å². The maximum Gasteiger partial charge on any atom is 0.242 e. The van der Waals surface area contributed by atoms with Gasteiger partial charge in [-0.1, -0.05) is 25.4 Å². The van der Waals surface area contributed by atoms with Crippen molar-refractivity contribution in [3.8, 4) is 0 Å². The number of amides is 1. The Balaban J connectivity index is 2.55. The van der Waals surface area contributed by atoms with Crippen LogP contribution in [0.1, 0.15) is 20.8 Å². The standard InChI is InChI=1S/C13H18BrClN2O/c1-8(2)7-16-13(18)9(3)17-10-4-5-12(15)11(14)6-10/h4-6,8-9,17H,7H2,1-3H3,(H,16,18). The normalized spacial score (nSPS) is 12.3. The number of hydrogen-bond donors (Lipinski definition) is 2. The second-order valence-corrected chi connectivity index (χ2v) is 5.90. The van der Waals surface area contributed by atoms with E-state index in [1.165, 1.54) is 0 Å². The van der Waals surface area contributed by atoms with Crippen LogP contribution in [0.2, 0.25) is 5.02 Å². The molecule has 1 aromatic rings. The predicted octanol–water partition coefficient (Wildman–Crippen LogP) is 3.68. The van der Waals surface area contributed by atoms with E-state index in [9.17, 15) is 4.79 Å². The maximum absolute atomic E-state index is 11.8. The molecule has 0 aromatic heterocycles. The number of anilines is 1. The zero-order valence-electron chi connectivity index (χ0n) is 10.8. The molecule has 0 heterocycles. The van der Waals surface area contributed by atoms with Gasteiger partial charge in [-0.15, -0.1) is 0 Å². The molecular formula is C13H18BrClN2O. The summed E-state index contributed by atoms with van der Waals surface area (Å²) in [4.78, 5) is 11.8. The maximum atomic E-state index is 11.8. The van der Waals surface area contributed by atoms with Gasteiger partial charge in [0.2, 0.25) is 5.91 Å². The molecule has 2 N–H and O–H groups in total. The van der Waals surface area contributed by atoms with Crippen LogP contribution in [0.5, 0.6) is 0 Å². The summed E-state index contributed by atoms with van der Waals surface area (Å²) in [5.74, 6) is 0.445. The molecule has 1 amide bonds. The molecule has 3 nitrogen and oxygen atoms in total. The van der Waals surface area contributed by atoms with E-state index >= 15 is 0 Å². The van der Waals surface area contributed by atoms with E-state index in [-0.39, 0.29) is 11.9 Å². The van der Waals surface area contributed by atoms with Crippen molar-refractivity contribution < 1.29 is 4.79 Å². The number of rotatable bonds is 5. The van der Waals surface area contributed by atoms with E-state index in [2.05, 4.69) is 40.4 Å². The molecule has 1 unspecified atom stereocenters. The molecule has 1 aromatic carbocycles. The predicted molar refractivity (Wildman–Crippen MR) is 80.1 cm³/mol. The molecule has 0 spiro atoms. The monoisotopic (exact) mass is 332 g/mol. The minimum absolute atomic E-state index is 0.00484. The van der Waals surface area contributed by atoms with E-state index in [4.69, 9.17) is 11.6 Å². The molecule has 0 bridgehead atoms. The van der Waals surface area contributed by atoms with Crippen LogP contribution in [0.4, 0.5) is 5.69 Å². The van der Waals surface area contributed by atoms with Crippen LogP contribution >= 0.6 is 27.5 Å². The molecule has 18 heavy (non-hydrogen) atoms. The summed E-state index contributed by atoms with van der Waals surface area (Å²) in [6, 6.07) is 5.21. The second kappa shape index (κ2) is 7.00. The van der Waals surface area contributed by atoms with Gasteiger partial charge >= 0.3 is 0 Å². The number of nitrogens with one attached hydrogen (secondary N) is 2. The van der Waals surface area contributed by atoms with Crippen LogP contribution in [-0.4, -0.2) is 18.5 Å². The fourth-order valence-corrected chi connectivity index (χ4v) is 1.86. The number of carbonyl (C=O) groups excluding carboxylic acids is 1. The largest absolute Gasteiger partial charge is 0.374 e. The molecule has 1 rings (SSSR count). The lowest BCUT2D eigenvalue weighted by Gasteiger charge is -2.16. The van der Waals surface area contributed by atoms with Crippen molar-refractivity contribution in [2.45, 2.75) is 26.8 Å². The van der Waals surface area contributed by atoms with Gasteiger partial charge in [0.1, 0.15) is 6.04 Å². The Morgan fingerprint density at radius 1 is 1.39 bits per heavy atom. The van der Waals surface area contributed by atoms with Gasteiger partial charge in [-0.3, -0.25) is 4.79 Å². The molecule has 0 radical (unpaired) electrons. The lowest BCUT2D eigenvalue weighted by Crippen LogP contribution is -2.39. The van der Waals surface area contributed by atoms with Crippen molar-refractivity contribution in [1.82, 2.24) is 5.32 Å². The zero-order valence-corrected chi connectivity index (χ0v) is 13.1. The molecule has 0 aliphatic carbocycles. The third-order valence-electron chi connectivity index (χ3n) is 2.38. The summed E-state index contributed by atoms with van der Waals surface area (Å²) in [6.45, 7) is 6.65. The molecule has 1 atom stereocenters. The van der Waals surface area contributed by atoms with Crippen LogP contribution in [0.3, 0.4) is 0 Å². The van der Waals surface area contributed by atoms with Crippen molar-refractivity contribution >= 4 is 39.1 Å². The van der Waals surface area contributed by atoms with Gasteiger partial charge in [-0.05, 0) is 47.0 Å². The van der Waals surface area contributed by atoms with Gasteiger partial charge in [0.15, 0.2) is 0 Å². The minimum Gasteiger partial charge on any atom is -0.374 e. The lowest BCUT2D eigenvalue weighted by atomic mass is 10.2. The first-order valence-electron chi connectivity index (χ1n) is 5.89. The van der Waals surface area contributed by atoms with Crippen molar-refractivity contribution in [2.75, 3.05) is 11.9 Å². The zero-order chi connectivity index (χ0) is 13.7. The summed E-state index contributed by atoms with van der Waals surface area (Å²) < 4.78 is 0.809. The fraction of sp³-hybridized carbons (Fsp3) is 0.462. The van der Waals surface area contributed by atoms with E-state index in [0.29, 0.717) is 17.5 Å². The highest BCUT2D eigenvalue weighted by atomic mass is 79.9. The van der Waals surface area contributed by atoms with Gasteiger partial charge in [-0.2, -0.15) is 0 Å². The molecule has 0 fully saturated rings. The topological polar surface area (TPSA) is 41.1 Å². The first kappa shape index (κ1) is 15.3. The molecule has 5 heteroatoms. The van der Waals surface area contributed by atoms with Crippen molar-refractivity contribution in [3.63, 3.8) is 0 Å². The van der Waals surface area contributed by atoms with E-state index in [0.717, 1.165) is 10.2 Å². The Kier molecular flexibility index (Phi) is 5.96. The number of hydrogen-bond acceptors (Lipinski definition) is 2. The third-order valence-corrected chi connectivity index (χ3v) is 3.59. The van der Waals surface area contributed by atoms with Crippen molar-refractivity contribution in [1.29, 1.82) is 0 Å². The Bertz CT molecular complexity index is 423. The molecule has 0 saturated heterocycles. The Hall–Kier alpha value is -0.740. The third kappa shape index (κ3) is 4.86. The summed E-state index contributed by atoms with van der Waals surface area (Å²) in [5, 5.41) is 6.67. The Morgan fingerprint density at radius 3 is 2.61 bits per heavy atom. The fourth-order valence-electron chi connectivity index (χ4n) is 1.36. The highest BCUT2D eigenvalue weighted by molar-refractivity contribution is 9.10. The van der Waals surface area contributed by atoms with Crippen LogP contribution in [0, 0.1) is 5.92 Å². The number of carbonyl (C=O) groups is 1. The summed E-state index contributed by atoms with van der Waals surface area (Å²) in [6.07, 6.45) is 0. The molecular weight excluding hydrogens is 316 g/mol. The van der Waals surface area contributed by atoms with E-state index < -0.39 is 0 Å². The Morgan fingerprint density at radius 2 is 2.06 bits per heavy atom. The van der Waals surface area contributed by atoms with Crippen LogP contribution in [0.15, 0.2) is 22.7 Å². The second-order valence-electron chi connectivity index (χ2n) is 4.63. The quantitative estimate of drug-likeness (QED) is 0.863. The van der Waals surface area contributed by atoms with E-state index in [1.54, 1.807) is 6.07 Å². The van der Waals surface area contributed by atoms with Crippen molar-refractivity contribution in [2.24, 2.45) is 5.92 Å². The first-order valence-corrected chi connectivity index (χ1v) is 7.06. The number of benzene rings is 1. The van der Waals surface area contributed by atoms with Gasteiger partial charge in [-0.25, -0.2) is 0 Å². The van der Waals surface area contributed by atoms with Gasteiger partial charge in [0.25, 0.3) is 0 Å². The first-order chi connectivity index (χ1) is 8.40. The van der Waals surface area contributed by atoms with Gasteiger partial charge < -0.3 is 10.6 Å². The highest BCUT2D eigenvalue weighted by Crippen LogP contribution is 2.25. The molecule has 0 aliphatic heterocycles. The summed E-state index contributed by atoms with van der Waals surface area (Å²) in [5.41, 5.74) is 0.860. The van der Waals surface area contributed by atoms with E-state index in [1.807, 2.05) is 19.1 Å². The highest BCUT2D eigenvalue weighted by Gasteiger charge is 2.12.